The summed E-state index contributed by atoms with van der Waals surface area (Å²) in [6.07, 6.45) is 6.15. The number of aromatic amines is 1. The van der Waals surface area contributed by atoms with E-state index < -0.39 is 0 Å². The first-order valence-electron chi connectivity index (χ1n) is 6.03. The summed E-state index contributed by atoms with van der Waals surface area (Å²) in [6.45, 7) is 2.96. The molecule has 2 aromatic rings. The Labute approximate surface area is 154 Å². The van der Waals surface area contributed by atoms with Crippen molar-refractivity contribution in [3.05, 3.63) is 12.5 Å². The number of nitriles is 1. The normalized spacial score (nSPS) is 22.8. The summed E-state index contributed by atoms with van der Waals surface area (Å²) in [4.78, 5) is 10.5. The quantitative estimate of drug-likeness (QED) is 0.497. The number of rotatable bonds is 1. The first-order valence-corrected chi connectivity index (χ1v) is 6.03. The van der Waals surface area contributed by atoms with Crippen LogP contribution < -0.4 is 56.3 Å². The molecule has 0 aromatic carbocycles. The second kappa shape index (κ2) is 6.28. The van der Waals surface area contributed by atoms with Crippen LogP contribution in [0, 0.1) is 23.6 Å². The molecule has 0 saturated carbocycles. The summed E-state index contributed by atoms with van der Waals surface area (Å²) in [7, 11) is 0. The van der Waals surface area contributed by atoms with Crippen LogP contribution in [0.1, 0.15) is 19.8 Å². The molecule has 0 amide bonds. The molecule has 0 radical (unpaired) electrons. The van der Waals surface area contributed by atoms with E-state index in [4.69, 9.17) is 5.26 Å². The molecular weight excluding hydrogens is 267 g/mol. The van der Waals surface area contributed by atoms with Gasteiger partial charge >= 0.3 is 51.4 Å². The van der Waals surface area contributed by atoms with Gasteiger partial charge < -0.3 is 20.0 Å². The van der Waals surface area contributed by atoms with E-state index in [1.807, 2.05) is 0 Å². The van der Waals surface area contributed by atoms with Crippen LogP contribution in [-0.2, 0) is 0 Å². The third kappa shape index (κ3) is 2.83. The number of fused-ring (bicyclic) bond motifs is 1. The van der Waals surface area contributed by atoms with Gasteiger partial charge in [-0.15, -0.1) is 0 Å². The number of nitrogens with one attached hydrogen (secondary N) is 1. The smallest absolute Gasteiger partial charge is 0.406 e. The van der Waals surface area contributed by atoms with Crippen LogP contribution in [0.3, 0.4) is 0 Å². The molecule has 0 bridgehead atoms. The third-order valence-corrected chi connectivity index (χ3v) is 3.51. The molecule has 1 aliphatic heterocycles. The topological polar surface area (TPSA) is 81.5 Å². The minimum atomic E-state index is 0. The Kier molecular flexibility index (Phi) is 4.92. The second-order valence-corrected chi connectivity index (χ2v) is 4.67. The summed E-state index contributed by atoms with van der Waals surface area (Å²) in [6, 6.07) is 2.65. The third-order valence-electron chi connectivity index (χ3n) is 3.51. The largest absolute Gasteiger partial charge is 1.00 e. The average Bonchev–Trinajstić information content (AvgIpc) is 2.87. The Hall–Kier alpha value is -0.524. The first-order chi connectivity index (χ1) is 8.79. The maximum atomic E-state index is 8.99. The Bertz CT molecular complexity index is 604. The Morgan fingerprint density at radius 3 is 3.11 bits per heavy atom. The molecule has 0 spiro atoms. The zero-order chi connectivity index (χ0) is 12.5. The van der Waals surface area contributed by atoms with E-state index in [9.17, 15) is 0 Å². The molecule has 1 aliphatic rings. The van der Waals surface area contributed by atoms with E-state index in [1.54, 1.807) is 6.20 Å². The number of hydrogen-bond acceptors (Lipinski definition) is 5. The summed E-state index contributed by atoms with van der Waals surface area (Å²) < 4.78 is 0. The van der Waals surface area contributed by atoms with Crippen molar-refractivity contribution < 1.29 is 51.4 Å². The van der Waals surface area contributed by atoms with Crippen LogP contribution in [0.5, 0.6) is 0 Å². The predicted octanol–water partition coefficient (Wildman–Crippen LogP) is -1.71. The fourth-order valence-electron chi connectivity index (χ4n) is 2.53. The van der Waals surface area contributed by atoms with Gasteiger partial charge in [0.05, 0.1) is 6.07 Å². The van der Waals surface area contributed by atoms with E-state index in [2.05, 4.69) is 44.4 Å². The van der Waals surface area contributed by atoms with Gasteiger partial charge in [-0.3, -0.25) is 0 Å². The van der Waals surface area contributed by atoms with E-state index in [-0.39, 0.29) is 57.3 Å². The molecule has 2 aromatic heterocycles. The van der Waals surface area contributed by atoms with Crippen LogP contribution in [0.2, 0.25) is 0 Å². The van der Waals surface area contributed by atoms with E-state index in [0.717, 1.165) is 30.6 Å². The zero-order valence-corrected chi connectivity index (χ0v) is 14.2. The van der Waals surface area contributed by atoms with Crippen molar-refractivity contribution in [2.45, 2.75) is 25.8 Å². The van der Waals surface area contributed by atoms with Crippen molar-refractivity contribution in [2.75, 3.05) is 11.4 Å². The second-order valence-electron chi connectivity index (χ2n) is 4.67. The van der Waals surface area contributed by atoms with Gasteiger partial charge in [-0.05, 0) is 25.2 Å². The number of anilines is 1. The Morgan fingerprint density at radius 1 is 1.53 bits per heavy atom. The van der Waals surface area contributed by atoms with Crippen molar-refractivity contribution in [1.29, 1.82) is 5.26 Å². The number of piperidine rings is 1. The van der Waals surface area contributed by atoms with Gasteiger partial charge in [0.2, 0.25) is 0 Å². The van der Waals surface area contributed by atoms with Crippen molar-refractivity contribution in [2.24, 2.45) is 5.92 Å². The van der Waals surface area contributed by atoms with Gasteiger partial charge in [0.1, 0.15) is 0 Å². The van der Waals surface area contributed by atoms with Crippen LogP contribution in [0.4, 0.5) is 5.82 Å². The minimum Gasteiger partial charge on any atom is -0.406 e. The van der Waals surface area contributed by atoms with Crippen molar-refractivity contribution in [3.63, 3.8) is 0 Å². The van der Waals surface area contributed by atoms with Crippen molar-refractivity contribution in [1.82, 2.24) is 20.2 Å². The molecule has 3 rings (SSSR count). The van der Waals surface area contributed by atoms with Gasteiger partial charge in [-0.2, -0.15) is 10.4 Å². The molecule has 1 N–H and O–H groups in total. The zero-order valence-electron chi connectivity index (χ0n) is 11.1. The van der Waals surface area contributed by atoms with Crippen LogP contribution in [0.25, 0.3) is 11.0 Å². The van der Waals surface area contributed by atoms with Gasteiger partial charge in [0.15, 0.2) is 0 Å². The first kappa shape index (κ1) is 14.9. The maximum Gasteiger partial charge on any atom is 1.00 e. The molecule has 3 heterocycles. The molecule has 0 aliphatic carbocycles. The van der Waals surface area contributed by atoms with Gasteiger partial charge in [-0.25, -0.2) is 0 Å². The molecule has 1 fully saturated rings. The maximum absolute atomic E-state index is 8.99. The molecule has 6 nitrogen and oxygen atoms in total. The van der Waals surface area contributed by atoms with Gasteiger partial charge in [-0.1, -0.05) is 0 Å². The monoisotopic (exact) mass is 280 g/mol. The van der Waals surface area contributed by atoms with Crippen molar-refractivity contribution >= 4 is 16.9 Å². The van der Waals surface area contributed by atoms with E-state index in [0.29, 0.717) is 11.7 Å². The van der Waals surface area contributed by atoms with Crippen LogP contribution in [0.15, 0.2) is 6.20 Å². The number of nitrogens with zero attached hydrogens (tertiary/aromatic N) is 5. The van der Waals surface area contributed by atoms with Gasteiger partial charge in [0, 0.05) is 42.5 Å². The number of hydrogen-bond donors (Lipinski definition) is 1. The molecular formula is C12H13KN6. The molecule has 19 heavy (non-hydrogen) atoms. The fourth-order valence-corrected chi connectivity index (χ4v) is 2.53. The summed E-state index contributed by atoms with van der Waals surface area (Å²) >= 11 is 0. The summed E-state index contributed by atoms with van der Waals surface area (Å²) in [5.74, 6) is 1.01. The van der Waals surface area contributed by atoms with Crippen LogP contribution >= 0.6 is 0 Å². The molecule has 1 saturated heterocycles. The van der Waals surface area contributed by atoms with Crippen molar-refractivity contribution in [3.8, 4) is 6.07 Å². The molecule has 92 valence electrons. The van der Waals surface area contributed by atoms with Crippen LogP contribution in [-0.4, -0.2) is 32.8 Å². The molecule has 2 unspecified atom stereocenters. The van der Waals surface area contributed by atoms with E-state index >= 15 is 0 Å². The Balaban J connectivity index is 0.00000133. The van der Waals surface area contributed by atoms with E-state index in [1.165, 1.54) is 0 Å². The predicted molar refractivity (Wildman–Crippen MR) is 65.7 cm³/mol. The average molecular weight is 280 g/mol. The van der Waals surface area contributed by atoms with Gasteiger partial charge in [0.25, 0.3) is 0 Å². The minimum absolute atomic E-state index is 0. The fraction of sp³-hybridized carbons (Fsp3) is 0.500. The SMILES string of the molecule is CC1CC(C#N)CCN1c1n[c-]nc2[nH]ncc12.[K+]. The number of aromatic nitrogens is 4. The number of H-pyrrole nitrogens is 1. The molecule has 7 heteroatoms. The summed E-state index contributed by atoms with van der Waals surface area (Å²) in [5, 5.41) is 16.7. The summed E-state index contributed by atoms with van der Waals surface area (Å²) in [5.41, 5.74) is 0.703. The Morgan fingerprint density at radius 2 is 2.37 bits per heavy atom. The standard InChI is InChI=1S/C12H13N6.K/c1-8-4-9(5-13)2-3-18(8)12-10-6-16-17-11(10)14-7-15-12;/h6,8-9H,2-4H2,1H3,(H,14,15,16,17);/q-1;+1. The molecule has 2 atom stereocenters.